The van der Waals surface area contributed by atoms with Crippen LogP contribution in [0.5, 0.6) is 0 Å². The molecule has 0 saturated carbocycles. The highest BCUT2D eigenvalue weighted by Crippen LogP contribution is 2.33. The summed E-state index contributed by atoms with van der Waals surface area (Å²) in [7, 11) is -4.94. The Labute approximate surface area is 135 Å². The van der Waals surface area contributed by atoms with E-state index in [4.69, 9.17) is 23.1 Å². The molecule has 0 unspecified atom stereocenters. The van der Waals surface area contributed by atoms with Crippen LogP contribution in [0.1, 0.15) is 0 Å². The molecule has 0 aliphatic carbocycles. The topological polar surface area (TPSA) is 147 Å². The lowest BCUT2D eigenvalue weighted by molar-refractivity contribution is -2.00. The van der Waals surface area contributed by atoms with Gasteiger partial charge in [0, 0.05) is 18.2 Å². The highest BCUT2D eigenvalue weighted by molar-refractivity contribution is 7.21. The molecule has 120 valence electrons. The highest BCUT2D eigenvalue weighted by Gasteiger charge is 2.19. The van der Waals surface area contributed by atoms with Crippen molar-refractivity contribution in [2.75, 3.05) is 0 Å². The zero-order chi connectivity index (χ0) is 17.0. The maximum absolute atomic E-state index is 10.6. The van der Waals surface area contributed by atoms with Gasteiger partial charge in [0.05, 0.1) is 10.5 Å². The van der Waals surface area contributed by atoms with Crippen molar-refractivity contribution >= 4 is 27.3 Å². The van der Waals surface area contributed by atoms with Gasteiger partial charge in [-0.15, -0.1) is 10.2 Å². The van der Waals surface area contributed by atoms with Gasteiger partial charge in [-0.2, -0.15) is 4.42 Å². The molecule has 3 aromatic rings. The van der Waals surface area contributed by atoms with Gasteiger partial charge in [-0.25, -0.2) is 18.6 Å². The van der Waals surface area contributed by atoms with E-state index in [1.807, 2.05) is 24.3 Å². The van der Waals surface area contributed by atoms with Crippen LogP contribution in [0.25, 0.3) is 20.9 Å². The fraction of sp³-hybridized carbons (Fsp3) is 0. The van der Waals surface area contributed by atoms with Gasteiger partial charge in [-0.1, -0.05) is 12.1 Å². The third-order valence-electron chi connectivity index (χ3n) is 2.57. The van der Waals surface area contributed by atoms with Gasteiger partial charge in [0.1, 0.15) is 4.70 Å². The highest BCUT2D eigenvalue weighted by atomic mass is 35.7. The molecule has 0 aliphatic heterocycles. The van der Waals surface area contributed by atoms with E-state index in [9.17, 15) is 10.1 Å². The average molecular weight is 358 g/mol. The van der Waals surface area contributed by atoms with Crippen LogP contribution in [0.3, 0.4) is 0 Å². The second-order valence-corrected chi connectivity index (χ2v) is 5.89. The molecule has 1 aromatic heterocycles. The molecular weight excluding hydrogens is 350 g/mol. The summed E-state index contributed by atoms with van der Waals surface area (Å²) < 4.78 is 40.7. The van der Waals surface area contributed by atoms with Gasteiger partial charge < -0.3 is 0 Å². The van der Waals surface area contributed by atoms with E-state index in [1.54, 1.807) is 12.1 Å². The second-order valence-electron chi connectivity index (χ2n) is 4.12. The lowest BCUT2D eigenvalue weighted by atomic mass is 10.2. The molecule has 3 rings (SSSR count). The second kappa shape index (κ2) is 6.96. The SMILES string of the molecule is O=[N+]([O-])c1ccc(-c2[o+]c3ccccc3s2)cc1.[O-][Cl+3]([O-])([O-])[O-]. The number of nitro benzene ring substituents is 1. The van der Waals surface area contributed by atoms with Crippen molar-refractivity contribution in [3.05, 3.63) is 58.6 Å². The molecule has 2 aromatic carbocycles. The molecule has 0 amide bonds. The third kappa shape index (κ3) is 5.21. The Kier molecular flexibility index (Phi) is 5.21. The number of halogens is 1. The van der Waals surface area contributed by atoms with E-state index < -0.39 is 15.2 Å². The molecule has 0 spiro atoms. The first-order chi connectivity index (χ1) is 10.7. The fourth-order valence-electron chi connectivity index (χ4n) is 1.68. The first-order valence-corrected chi connectivity index (χ1v) is 7.97. The number of fused-ring (bicyclic) bond motifs is 1. The minimum absolute atomic E-state index is 0.0832. The van der Waals surface area contributed by atoms with Crippen LogP contribution >= 0.6 is 11.3 Å². The predicted octanol–water partition coefficient (Wildman–Crippen LogP) is -0.405. The van der Waals surface area contributed by atoms with Crippen molar-refractivity contribution in [2.45, 2.75) is 0 Å². The molecule has 0 fully saturated rings. The first kappa shape index (κ1) is 17.2. The lowest BCUT2D eigenvalue weighted by Crippen LogP contribution is -2.68. The quantitative estimate of drug-likeness (QED) is 0.344. The zero-order valence-corrected chi connectivity index (χ0v) is 12.8. The molecule has 10 heteroatoms. The molecule has 0 aliphatic rings. The molecule has 0 N–H and O–H groups in total. The minimum Gasteiger partial charge on any atom is -0.258 e. The lowest BCUT2D eigenvalue weighted by Gasteiger charge is -2.17. The molecule has 0 bridgehead atoms. The van der Waals surface area contributed by atoms with Gasteiger partial charge in [0.2, 0.25) is 0 Å². The van der Waals surface area contributed by atoms with E-state index in [2.05, 4.69) is 0 Å². The molecular formula is C13H8ClNO7S. The molecule has 8 nitrogen and oxygen atoms in total. The normalized spacial score (nSPS) is 11.0. The number of hydrogen-bond donors (Lipinski definition) is 0. The van der Waals surface area contributed by atoms with Crippen molar-refractivity contribution < 1.29 is 38.2 Å². The Morgan fingerprint density at radius 2 is 1.52 bits per heavy atom. The summed E-state index contributed by atoms with van der Waals surface area (Å²) in [6.07, 6.45) is 0. The zero-order valence-electron chi connectivity index (χ0n) is 11.2. The summed E-state index contributed by atoms with van der Waals surface area (Å²) >= 11 is 1.53. The Morgan fingerprint density at radius 3 is 2.04 bits per heavy atom. The Balaban J connectivity index is 0.000000338. The van der Waals surface area contributed by atoms with E-state index in [0.29, 0.717) is 0 Å². The monoisotopic (exact) mass is 357 g/mol. The van der Waals surface area contributed by atoms with Crippen molar-refractivity contribution in [3.63, 3.8) is 0 Å². The van der Waals surface area contributed by atoms with Crippen molar-refractivity contribution in [3.8, 4) is 10.6 Å². The summed E-state index contributed by atoms with van der Waals surface area (Å²) in [5.74, 6) is 0. The number of non-ortho nitro benzene ring substituents is 1. The van der Waals surface area contributed by atoms with E-state index in [0.717, 1.165) is 20.9 Å². The number of nitrogens with zero attached hydrogens (tertiary/aromatic N) is 1. The van der Waals surface area contributed by atoms with Crippen LogP contribution in [-0.2, 0) is 0 Å². The first-order valence-electron chi connectivity index (χ1n) is 5.92. The standard InChI is InChI=1S/C13H8NO3S.ClHO4/c15-14(16)10-7-5-9(6-8-10)13-17-11-3-1-2-4-12(11)18-13;2-1(3,4)5/h1-8H;(H,2,3,4,5)/q+1;/p-1. The summed E-state index contributed by atoms with van der Waals surface area (Å²) in [5, 5.41) is 11.3. The van der Waals surface area contributed by atoms with Crippen LogP contribution in [0, 0.1) is 20.4 Å². The molecule has 0 radical (unpaired) electrons. The molecule has 0 saturated heterocycles. The maximum Gasteiger partial charge on any atom is 0.418 e. The van der Waals surface area contributed by atoms with E-state index in [1.165, 1.54) is 23.5 Å². The number of hydrogen-bond acceptors (Lipinski definition) is 7. The van der Waals surface area contributed by atoms with Crippen LogP contribution in [-0.4, -0.2) is 4.92 Å². The Hall–Kier alpha value is -2.14. The summed E-state index contributed by atoms with van der Waals surface area (Å²) in [6.45, 7) is 0. The number of rotatable bonds is 2. The smallest absolute Gasteiger partial charge is 0.258 e. The molecule has 1 heterocycles. The summed E-state index contributed by atoms with van der Waals surface area (Å²) in [4.78, 5) is 10.2. The maximum atomic E-state index is 10.6. The van der Waals surface area contributed by atoms with Gasteiger partial charge >= 0.3 is 10.7 Å². The van der Waals surface area contributed by atoms with Crippen molar-refractivity contribution in [2.24, 2.45) is 0 Å². The molecule has 0 atom stereocenters. The van der Waals surface area contributed by atoms with Gasteiger partial charge in [-0.3, -0.25) is 10.1 Å². The Bertz CT molecular complexity index is 774. The van der Waals surface area contributed by atoms with E-state index in [-0.39, 0.29) is 5.69 Å². The third-order valence-corrected chi connectivity index (χ3v) is 3.63. The van der Waals surface area contributed by atoms with Crippen LogP contribution < -0.4 is 18.6 Å². The average Bonchev–Trinajstić information content (AvgIpc) is 2.89. The van der Waals surface area contributed by atoms with Crippen molar-refractivity contribution in [1.29, 1.82) is 0 Å². The number of para-hydroxylation sites is 1. The van der Waals surface area contributed by atoms with Crippen LogP contribution in [0.4, 0.5) is 5.69 Å². The Morgan fingerprint density at radius 1 is 0.957 bits per heavy atom. The van der Waals surface area contributed by atoms with Crippen LogP contribution in [0.15, 0.2) is 52.9 Å². The van der Waals surface area contributed by atoms with Gasteiger partial charge in [0.15, 0.2) is 0 Å². The van der Waals surface area contributed by atoms with Gasteiger partial charge in [-0.05, 0) is 29.5 Å². The predicted molar refractivity (Wildman–Crippen MR) is 70.6 cm³/mol. The minimum atomic E-state index is -4.94. The summed E-state index contributed by atoms with van der Waals surface area (Å²) in [6, 6.07) is 14.1. The largest absolute Gasteiger partial charge is 0.418 e. The van der Waals surface area contributed by atoms with Crippen LogP contribution in [0.2, 0.25) is 0 Å². The summed E-state index contributed by atoms with van der Waals surface area (Å²) in [5.41, 5.74) is 1.76. The van der Waals surface area contributed by atoms with Crippen molar-refractivity contribution in [1.82, 2.24) is 0 Å². The van der Waals surface area contributed by atoms with E-state index >= 15 is 0 Å². The number of benzene rings is 2. The fourth-order valence-corrected chi connectivity index (χ4v) is 2.62. The number of nitro groups is 1. The van der Waals surface area contributed by atoms with Gasteiger partial charge in [0.25, 0.3) is 5.69 Å². The molecule has 23 heavy (non-hydrogen) atoms.